The molecule has 3 aromatic rings. The molecule has 0 unspecified atom stereocenters. The number of anilines is 1. The molecule has 7 heteroatoms. The number of hydrogen-bond donors (Lipinski definition) is 2. The number of amides is 1. The lowest BCUT2D eigenvalue weighted by Crippen LogP contribution is -2.33. The molecule has 140 valence electrons. The van der Waals surface area contributed by atoms with Crippen molar-refractivity contribution in [3.05, 3.63) is 57.3 Å². The highest BCUT2D eigenvalue weighted by Gasteiger charge is 2.20. The summed E-state index contributed by atoms with van der Waals surface area (Å²) in [6.45, 7) is 3.71. The molecular formula is C20H20Cl2N4O. The van der Waals surface area contributed by atoms with Crippen molar-refractivity contribution in [2.45, 2.75) is 26.3 Å². The third kappa shape index (κ3) is 3.95. The van der Waals surface area contributed by atoms with Crippen molar-refractivity contribution in [2.24, 2.45) is 0 Å². The average Bonchev–Trinajstić information content (AvgIpc) is 2.82. The van der Waals surface area contributed by atoms with Crippen LogP contribution in [-0.4, -0.2) is 33.9 Å². The summed E-state index contributed by atoms with van der Waals surface area (Å²) in [6, 6.07) is 9.38. The first-order valence-electron chi connectivity index (χ1n) is 8.94. The van der Waals surface area contributed by atoms with Gasteiger partial charge in [-0.2, -0.15) is 0 Å². The molecule has 1 aliphatic heterocycles. The predicted molar refractivity (Wildman–Crippen MR) is 110 cm³/mol. The minimum atomic E-state index is -0.0770. The fourth-order valence-electron chi connectivity index (χ4n) is 3.61. The van der Waals surface area contributed by atoms with Crippen LogP contribution in [0.3, 0.4) is 0 Å². The van der Waals surface area contributed by atoms with Gasteiger partial charge in [-0.1, -0.05) is 23.2 Å². The summed E-state index contributed by atoms with van der Waals surface area (Å²) < 4.78 is 0. The Bertz CT molecular complexity index is 1010. The molecule has 0 aliphatic carbocycles. The van der Waals surface area contributed by atoms with E-state index in [1.165, 1.54) is 10.9 Å². The first-order chi connectivity index (χ1) is 13.0. The Kier molecular flexibility index (Phi) is 5.08. The fraction of sp³-hybridized carbons (Fsp3) is 0.300. The quantitative estimate of drug-likeness (QED) is 0.674. The van der Waals surface area contributed by atoms with Crippen molar-refractivity contribution < 1.29 is 4.79 Å². The largest absolute Gasteiger partial charge is 0.357 e. The highest BCUT2D eigenvalue weighted by molar-refractivity contribution is 6.31. The van der Waals surface area contributed by atoms with Crippen molar-refractivity contribution in [3.8, 4) is 0 Å². The molecule has 0 fully saturated rings. The van der Waals surface area contributed by atoms with E-state index in [9.17, 15) is 4.79 Å². The topological polar surface area (TPSA) is 61.0 Å². The number of aromatic nitrogens is 2. The summed E-state index contributed by atoms with van der Waals surface area (Å²) in [7, 11) is 0. The van der Waals surface area contributed by atoms with Gasteiger partial charge in [0.25, 0.3) is 0 Å². The van der Waals surface area contributed by atoms with E-state index in [1.54, 1.807) is 12.1 Å². The summed E-state index contributed by atoms with van der Waals surface area (Å²) in [5.74, 6) is 0.449. The standard InChI is InChI=1S/C20H20Cl2N4O/c1-12-16(22)5-7-19(23-12)25-20(27)11-26-8-2-3-14-15-9-13(21)4-6-17(15)24-18(14)10-26/h4-7,9,24H,2-3,8,10-11H2,1H3,(H,23,25,27). The molecule has 27 heavy (non-hydrogen) atoms. The Hall–Kier alpha value is -2.08. The van der Waals surface area contributed by atoms with Crippen LogP contribution in [0, 0.1) is 6.92 Å². The van der Waals surface area contributed by atoms with Gasteiger partial charge in [0.1, 0.15) is 5.82 Å². The van der Waals surface area contributed by atoms with Crippen LogP contribution in [0.1, 0.15) is 23.4 Å². The van der Waals surface area contributed by atoms with Crippen molar-refractivity contribution in [1.82, 2.24) is 14.9 Å². The van der Waals surface area contributed by atoms with Crippen molar-refractivity contribution in [2.75, 3.05) is 18.4 Å². The number of aromatic amines is 1. The molecule has 0 spiro atoms. The van der Waals surface area contributed by atoms with Crippen LogP contribution in [0.2, 0.25) is 10.0 Å². The normalized spacial score (nSPS) is 14.8. The van der Waals surface area contributed by atoms with E-state index >= 15 is 0 Å². The lowest BCUT2D eigenvalue weighted by Gasteiger charge is -2.19. The van der Waals surface area contributed by atoms with Gasteiger partial charge in [0.05, 0.1) is 17.3 Å². The minimum absolute atomic E-state index is 0.0770. The van der Waals surface area contributed by atoms with Gasteiger partial charge >= 0.3 is 0 Å². The van der Waals surface area contributed by atoms with E-state index in [2.05, 4.69) is 20.2 Å². The average molecular weight is 403 g/mol. The molecule has 4 rings (SSSR count). The highest BCUT2D eigenvalue weighted by atomic mass is 35.5. The van der Waals surface area contributed by atoms with Crippen LogP contribution in [0.15, 0.2) is 30.3 Å². The highest BCUT2D eigenvalue weighted by Crippen LogP contribution is 2.29. The number of carbonyl (C=O) groups is 1. The van der Waals surface area contributed by atoms with Crippen LogP contribution in [0.25, 0.3) is 10.9 Å². The van der Waals surface area contributed by atoms with E-state index in [-0.39, 0.29) is 5.91 Å². The number of nitrogens with zero attached hydrogens (tertiary/aromatic N) is 2. The molecule has 1 amide bonds. The van der Waals surface area contributed by atoms with E-state index in [4.69, 9.17) is 23.2 Å². The van der Waals surface area contributed by atoms with Gasteiger partial charge < -0.3 is 10.3 Å². The molecule has 0 radical (unpaired) electrons. The molecular weight excluding hydrogens is 383 g/mol. The maximum Gasteiger partial charge on any atom is 0.239 e. The number of pyridine rings is 1. The molecule has 0 saturated carbocycles. The van der Waals surface area contributed by atoms with Gasteiger partial charge in [0.15, 0.2) is 0 Å². The van der Waals surface area contributed by atoms with Crippen LogP contribution in [0.5, 0.6) is 0 Å². The first-order valence-corrected chi connectivity index (χ1v) is 9.69. The van der Waals surface area contributed by atoms with Gasteiger partial charge in [-0.25, -0.2) is 4.98 Å². The van der Waals surface area contributed by atoms with E-state index in [0.717, 1.165) is 35.6 Å². The van der Waals surface area contributed by atoms with E-state index < -0.39 is 0 Å². The molecule has 0 saturated heterocycles. The second-order valence-corrected chi connectivity index (χ2v) is 7.74. The summed E-state index contributed by atoms with van der Waals surface area (Å²) in [6.07, 6.45) is 1.98. The molecule has 5 nitrogen and oxygen atoms in total. The van der Waals surface area contributed by atoms with Crippen LogP contribution in [-0.2, 0) is 17.8 Å². The summed E-state index contributed by atoms with van der Waals surface area (Å²) in [5, 5.41) is 5.38. The molecule has 3 heterocycles. The smallest absolute Gasteiger partial charge is 0.239 e. The number of halogens is 2. The maximum absolute atomic E-state index is 12.5. The monoisotopic (exact) mass is 402 g/mol. The Morgan fingerprint density at radius 3 is 2.96 bits per heavy atom. The second-order valence-electron chi connectivity index (χ2n) is 6.90. The van der Waals surface area contributed by atoms with Gasteiger partial charge in [-0.05, 0) is 62.2 Å². The number of aryl methyl sites for hydroxylation is 2. The number of hydrogen-bond acceptors (Lipinski definition) is 3. The summed E-state index contributed by atoms with van der Waals surface area (Å²) in [4.78, 5) is 22.4. The zero-order chi connectivity index (χ0) is 19.0. The van der Waals surface area contributed by atoms with Gasteiger partial charge in [0, 0.05) is 28.2 Å². The molecule has 2 aromatic heterocycles. The molecule has 2 N–H and O–H groups in total. The number of H-pyrrole nitrogens is 1. The van der Waals surface area contributed by atoms with Gasteiger partial charge in [-0.3, -0.25) is 9.69 Å². The van der Waals surface area contributed by atoms with Gasteiger partial charge in [-0.15, -0.1) is 0 Å². The molecule has 0 atom stereocenters. The number of rotatable bonds is 3. The number of fused-ring (bicyclic) bond motifs is 3. The summed E-state index contributed by atoms with van der Waals surface area (Å²) in [5.41, 5.74) is 4.27. The van der Waals surface area contributed by atoms with Crippen molar-refractivity contribution in [3.63, 3.8) is 0 Å². The third-order valence-corrected chi connectivity index (χ3v) is 5.53. The molecule has 1 aliphatic rings. The third-order valence-electron chi connectivity index (χ3n) is 4.90. The number of nitrogens with one attached hydrogen (secondary N) is 2. The lowest BCUT2D eigenvalue weighted by molar-refractivity contribution is -0.117. The van der Waals surface area contributed by atoms with E-state index in [0.29, 0.717) is 29.6 Å². The number of carbonyl (C=O) groups excluding carboxylic acids is 1. The van der Waals surface area contributed by atoms with Crippen LogP contribution >= 0.6 is 23.2 Å². The van der Waals surface area contributed by atoms with Crippen molar-refractivity contribution >= 4 is 45.8 Å². The van der Waals surface area contributed by atoms with Crippen LogP contribution in [0.4, 0.5) is 5.82 Å². The molecule has 0 bridgehead atoms. The Morgan fingerprint density at radius 1 is 1.30 bits per heavy atom. The second kappa shape index (κ2) is 7.50. The fourth-order valence-corrected chi connectivity index (χ4v) is 3.89. The van der Waals surface area contributed by atoms with E-state index in [1.807, 2.05) is 25.1 Å². The number of benzene rings is 1. The maximum atomic E-state index is 12.5. The van der Waals surface area contributed by atoms with Gasteiger partial charge in [0.2, 0.25) is 5.91 Å². The predicted octanol–water partition coefficient (Wildman–Crippen LogP) is 4.57. The first kappa shape index (κ1) is 18.3. The minimum Gasteiger partial charge on any atom is -0.357 e. The Balaban J connectivity index is 1.47. The zero-order valence-electron chi connectivity index (χ0n) is 15.0. The molecule has 1 aromatic carbocycles. The van der Waals surface area contributed by atoms with Crippen molar-refractivity contribution in [1.29, 1.82) is 0 Å². The van der Waals surface area contributed by atoms with Crippen LogP contribution < -0.4 is 5.32 Å². The summed E-state index contributed by atoms with van der Waals surface area (Å²) >= 11 is 12.1. The Labute approximate surface area is 167 Å². The lowest BCUT2D eigenvalue weighted by atomic mass is 10.1. The zero-order valence-corrected chi connectivity index (χ0v) is 16.5. The SMILES string of the molecule is Cc1nc(NC(=O)CN2CCCc3c([nH]c4ccc(Cl)cc34)C2)ccc1Cl. The Morgan fingerprint density at radius 2 is 2.15 bits per heavy atom.